The lowest BCUT2D eigenvalue weighted by atomic mass is 10.2. The van der Waals surface area contributed by atoms with Crippen molar-refractivity contribution in [1.29, 1.82) is 0 Å². The van der Waals surface area contributed by atoms with Gasteiger partial charge in [-0.15, -0.1) is 0 Å². The minimum atomic E-state index is -4.63. The van der Waals surface area contributed by atoms with Crippen LogP contribution in [-0.2, 0) is 22.3 Å². The van der Waals surface area contributed by atoms with Gasteiger partial charge in [0.05, 0.1) is 31.6 Å². The molecule has 2 amide bonds. The van der Waals surface area contributed by atoms with Gasteiger partial charge in [-0.1, -0.05) is 0 Å². The summed E-state index contributed by atoms with van der Waals surface area (Å²) in [6.45, 7) is 7.41. The molecular formula is C24H23F3N3O4+. The number of halogens is 3. The van der Waals surface area contributed by atoms with Gasteiger partial charge in [0.15, 0.2) is 0 Å². The molecule has 0 saturated heterocycles. The quantitative estimate of drug-likeness (QED) is 0.325. The molecule has 0 aliphatic heterocycles. The number of pyridine rings is 1. The predicted octanol–water partition coefficient (Wildman–Crippen LogP) is 4.10. The van der Waals surface area contributed by atoms with Gasteiger partial charge >= 0.3 is 12.1 Å². The number of nitrogens with one attached hydrogen (secondary N) is 2. The molecule has 0 radical (unpaired) electrons. The van der Waals surface area contributed by atoms with Crippen molar-refractivity contribution in [1.82, 2.24) is 15.6 Å². The third-order valence-electron chi connectivity index (χ3n) is 5.09. The van der Waals surface area contributed by atoms with Gasteiger partial charge in [-0.2, -0.15) is 18.0 Å². The molecule has 0 spiro atoms. The summed E-state index contributed by atoms with van der Waals surface area (Å²) in [5.41, 5.74) is -1.53. The van der Waals surface area contributed by atoms with Crippen LogP contribution in [0.5, 0.6) is 17.2 Å². The summed E-state index contributed by atoms with van der Waals surface area (Å²) in [5.74, 6) is -1.15. The maximum atomic E-state index is 13.3. The van der Waals surface area contributed by atoms with Gasteiger partial charge in [0, 0.05) is 6.58 Å². The van der Waals surface area contributed by atoms with Gasteiger partial charge < -0.3 is 14.8 Å². The molecule has 1 aliphatic rings. The molecule has 1 aliphatic carbocycles. The van der Waals surface area contributed by atoms with Crippen molar-refractivity contribution in [3.63, 3.8) is 0 Å². The Morgan fingerprint density at radius 2 is 1.91 bits per heavy atom. The summed E-state index contributed by atoms with van der Waals surface area (Å²) in [6, 6.07) is 6.34. The highest BCUT2D eigenvalue weighted by Crippen LogP contribution is 2.40. The van der Waals surface area contributed by atoms with E-state index in [0.717, 1.165) is 6.07 Å². The Kier molecular flexibility index (Phi) is 7.22. The van der Waals surface area contributed by atoms with E-state index in [2.05, 4.69) is 15.6 Å². The average Bonchev–Trinajstić information content (AvgIpc) is 3.58. The number of benzene rings is 1. The van der Waals surface area contributed by atoms with Crippen LogP contribution in [0.1, 0.15) is 31.0 Å². The Morgan fingerprint density at radius 3 is 2.47 bits per heavy atom. The third-order valence-corrected chi connectivity index (χ3v) is 5.09. The largest absolute Gasteiger partial charge is 0.497 e. The zero-order valence-corrected chi connectivity index (χ0v) is 18.5. The summed E-state index contributed by atoms with van der Waals surface area (Å²) in [5, 5.41) is 5.35. The molecule has 1 aromatic carbocycles. The Labute approximate surface area is 194 Å². The van der Waals surface area contributed by atoms with Crippen molar-refractivity contribution in [2.24, 2.45) is 0 Å². The molecule has 2 aromatic rings. The van der Waals surface area contributed by atoms with Crippen LogP contribution in [0.3, 0.4) is 0 Å². The van der Waals surface area contributed by atoms with Crippen LogP contribution >= 0.6 is 0 Å². The van der Waals surface area contributed by atoms with Crippen molar-refractivity contribution in [2.45, 2.75) is 38.0 Å². The number of rotatable bonds is 9. The zero-order chi connectivity index (χ0) is 24.9. The second-order valence-corrected chi connectivity index (χ2v) is 7.62. The van der Waals surface area contributed by atoms with E-state index in [1.807, 2.05) is 0 Å². The summed E-state index contributed by atoms with van der Waals surface area (Å²) in [4.78, 5) is 28.7. The van der Waals surface area contributed by atoms with E-state index in [1.165, 1.54) is 43.6 Å². The first-order valence-electron chi connectivity index (χ1n) is 10.3. The molecule has 1 saturated carbocycles. The summed E-state index contributed by atoms with van der Waals surface area (Å²) in [6.07, 6.45) is 0.652. The Balaban J connectivity index is 1.60. The number of amides is 2. The van der Waals surface area contributed by atoms with E-state index < -0.39 is 28.9 Å². The number of methoxy groups -OCH3 is 1. The number of aromatic nitrogens is 1. The first-order chi connectivity index (χ1) is 16.1. The van der Waals surface area contributed by atoms with Crippen LogP contribution in [0.4, 0.5) is 13.2 Å². The van der Waals surface area contributed by atoms with E-state index >= 15 is 0 Å². The van der Waals surface area contributed by atoms with E-state index in [0.29, 0.717) is 18.5 Å². The van der Waals surface area contributed by atoms with Crippen molar-refractivity contribution in [3.8, 4) is 17.2 Å². The van der Waals surface area contributed by atoms with Gasteiger partial charge in [-0.3, -0.25) is 15.1 Å². The zero-order valence-electron chi connectivity index (χ0n) is 18.5. The molecule has 1 heterocycles. The highest BCUT2D eigenvalue weighted by atomic mass is 19.4. The van der Waals surface area contributed by atoms with Crippen molar-refractivity contribution < 1.29 is 32.2 Å². The molecule has 10 heteroatoms. The Bertz CT molecular complexity index is 1110. The molecule has 178 valence electrons. The maximum Gasteiger partial charge on any atom is 0.420 e. The second-order valence-electron chi connectivity index (χ2n) is 7.62. The first-order valence-corrected chi connectivity index (χ1v) is 10.3. The number of nitrogens with zero attached hydrogens (tertiary/aromatic N) is 1. The fourth-order valence-corrected chi connectivity index (χ4v) is 3.07. The predicted molar refractivity (Wildman–Crippen MR) is 117 cm³/mol. The number of allylic oxidation sites excluding steroid dienone is 1. The molecule has 34 heavy (non-hydrogen) atoms. The van der Waals surface area contributed by atoms with Crippen LogP contribution in [0.25, 0.3) is 0 Å². The van der Waals surface area contributed by atoms with Crippen molar-refractivity contribution in [3.05, 3.63) is 72.1 Å². The molecule has 2 N–H and O–H groups in total. The SMILES string of the molecule is [CH+]=C(/C=C\C)C(=O)NC1(C(=O)NCc2ccc(Oc3ccc(OC)cc3C(F)(F)F)cn2)CC1. The Hall–Kier alpha value is -3.91. The molecule has 7 nitrogen and oxygen atoms in total. The van der Waals surface area contributed by atoms with Crippen LogP contribution < -0.4 is 20.1 Å². The summed E-state index contributed by atoms with van der Waals surface area (Å²) >= 11 is 0. The molecule has 3 rings (SSSR count). The lowest BCUT2D eigenvalue weighted by molar-refractivity contribution is -0.138. The Morgan fingerprint density at radius 1 is 1.21 bits per heavy atom. The molecule has 1 aromatic heterocycles. The summed E-state index contributed by atoms with van der Waals surface area (Å²) in [7, 11) is 1.27. The second kappa shape index (κ2) is 9.93. The topological polar surface area (TPSA) is 89.6 Å². The number of carbonyl (C=O) groups is 2. The summed E-state index contributed by atoms with van der Waals surface area (Å²) < 4.78 is 50.3. The number of hydrogen-bond acceptors (Lipinski definition) is 5. The standard InChI is InChI=1S/C24H22F3N3O4/c1-4-5-15(2)21(31)30-23(10-11-23)22(32)29-13-16-6-7-18(14-28-16)34-20-9-8-17(33-3)12-19(20)24(25,26)27/h2,4-9,12,14H,10-11,13H2,1,3H3,(H-,29,30,31,32)/p+1/b5-4-. The van der Waals surface area contributed by atoms with Crippen LogP contribution in [-0.4, -0.2) is 29.4 Å². The smallest absolute Gasteiger partial charge is 0.420 e. The van der Waals surface area contributed by atoms with Crippen LogP contribution in [0.15, 0.2) is 54.3 Å². The van der Waals surface area contributed by atoms with Crippen molar-refractivity contribution >= 4 is 11.8 Å². The number of ether oxygens (including phenoxy) is 2. The molecule has 0 atom stereocenters. The highest BCUT2D eigenvalue weighted by molar-refractivity contribution is 6.01. The van der Waals surface area contributed by atoms with E-state index in [4.69, 9.17) is 16.1 Å². The molecule has 1 fully saturated rings. The van der Waals surface area contributed by atoms with Gasteiger partial charge in [0.2, 0.25) is 11.5 Å². The highest BCUT2D eigenvalue weighted by Gasteiger charge is 2.53. The van der Waals surface area contributed by atoms with Crippen LogP contribution in [0, 0.1) is 6.58 Å². The fraction of sp³-hybridized carbons (Fsp3) is 0.292. The van der Waals surface area contributed by atoms with E-state index in [1.54, 1.807) is 13.0 Å². The molecular weight excluding hydrogens is 451 g/mol. The lowest BCUT2D eigenvalue weighted by Gasteiger charge is -2.15. The first kappa shape index (κ1) is 24.7. The number of hydrogen-bond donors (Lipinski definition) is 2. The normalized spacial score (nSPS) is 14.4. The maximum absolute atomic E-state index is 13.3. The third kappa shape index (κ3) is 5.90. The minimum Gasteiger partial charge on any atom is -0.497 e. The molecule has 0 bridgehead atoms. The number of carbonyl (C=O) groups excluding carboxylic acids is 2. The van der Waals surface area contributed by atoms with Crippen LogP contribution in [0.2, 0.25) is 0 Å². The van der Waals surface area contributed by atoms with Gasteiger partial charge in [-0.05, 0) is 56.2 Å². The van der Waals surface area contributed by atoms with E-state index in [-0.39, 0.29) is 29.5 Å². The lowest BCUT2D eigenvalue weighted by Crippen LogP contribution is -2.49. The average molecular weight is 474 g/mol. The van der Waals surface area contributed by atoms with Crippen molar-refractivity contribution in [2.75, 3.05) is 7.11 Å². The number of alkyl halides is 3. The molecule has 0 unspecified atom stereocenters. The minimum absolute atomic E-state index is 0.00405. The monoisotopic (exact) mass is 474 g/mol. The van der Waals surface area contributed by atoms with Gasteiger partial charge in [-0.25, -0.2) is 0 Å². The van der Waals surface area contributed by atoms with Gasteiger partial charge in [0.1, 0.15) is 28.4 Å². The fourth-order valence-electron chi connectivity index (χ4n) is 3.07. The van der Waals surface area contributed by atoms with Gasteiger partial charge in [0.25, 0.3) is 0 Å². The van der Waals surface area contributed by atoms with E-state index in [9.17, 15) is 22.8 Å².